The number of carbonyl (C=O) groups is 1. The second-order valence-corrected chi connectivity index (χ2v) is 6.45. The molecular formula is C14H15Br2N3O. The van der Waals surface area contributed by atoms with E-state index in [9.17, 15) is 4.79 Å². The molecule has 1 aromatic carbocycles. The first kappa shape index (κ1) is 15.3. The van der Waals surface area contributed by atoms with Crippen LogP contribution in [0, 0.1) is 13.8 Å². The lowest BCUT2D eigenvalue weighted by Crippen LogP contribution is -2.23. The summed E-state index contributed by atoms with van der Waals surface area (Å²) in [4.78, 5) is 12.2. The highest BCUT2D eigenvalue weighted by Gasteiger charge is 2.12. The van der Waals surface area contributed by atoms with Gasteiger partial charge in [0, 0.05) is 39.4 Å². The van der Waals surface area contributed by atoms with Gasteiger partial charge in [0.05, 0.1) is 5.69 Å². The Labute approximate surface area is 134 Å². The molecule has 0 bridgehead atoms. The number of rotatable bonds is 3. The Hall–Kier alpha value is -1.14. The number of amides is 1. The van der Waals surface area contributed by atoms with E-state index in [1.165, 1.54) is 0 Å². The summed E-state index contributed by atoms with van der Waals surface area (Å²) in [5.74, 6) is -0.102. The first-order valence-corrected chi connectivity index (χ1v) is 7.70. The minimum absolute atomic E-state index is 0.102. The number of nitrogens with one attached hydrogen (secondary N) is 1. The lowest BCUT2D eigenvalue weighted by atomic mass is 10.1. The lowest BCUT2D eigenvalue weighted by Gasteiger charge is -2.07. The van der Waals surface area contributed by atoms with E-state index in [1.807, 2.05) is 31.6 Å². The molecule has 2 aromatic rings. The molecule has 0 radical (unpaired) electrons. The third-order valence-electron chi connectivity index (χ3n) is 3.21. The van der Waals surface area contributed by atoms with Crippen LogP contribution in [0.2, 0.25) is 0 Å². The first-order valence-electron chi connectivity index (χ1n) is 6.12. The molecule has 0 fully saturated rings. The molecule has 0 spiro atoms. The van der Waals surface area contributed by atoms with Crippen LogP contribution < -0.4 is 5.32 Å². The Balaban J connectivity index is 2.12. The van der Waals surface area contributed by atoms with Crippen molar-refractivity contribution in [3.63, 3.8) is 0 Å². The minimum Gasteiger partial charge on any atom is -0.348 e. The molecule has 1 amide bonds. The summed E-state index contributed by atoms with van der Waals surface area (Å²) in [7, 11) is 1.90. The minimum atomic E-state index is -0.102. The second-order valence-electron chi connectivity index (χ2n) is 4.61. The smallest absolute Gasteiger partial charge is 0.251 e. The van der Waals surface area contributed by atoms with Crippen molar-refractivity contribution in [2.24, 2.45) is 7.05 Å². The van der Waals surface area contributed by atoms with Crippen LogP contribution in [-0.4, -0.2) is 15.7 Å². The van der Waals surface area contributed by atoms with Crippen molar-refractivity contribution in [3.05, 3.63) is 49.7 Å². The molecule has 6 heteroatoms. The van der Waals surface area contributed by atoms with E-state index >= 15 is 0 Å². The highest BCUT2D eigenvalue weighted by molar-refractivity contribution is 9.11. The standard InChI is InChI=1S/C14H15Br2N3O/c1-8-13(9(2)19(3)18-8)7-17-14(20)10-4-11(15)6-12(16)5-10/h4-6H,7H2,1-3H3,(H,17,20). The van der Waals surface area contributed by atoms with Gasteiger partial charge >= 0.3 is 0 Å². The fourth-order valence-electron chi connectivity index (χ4n) is 2.03. The first-order chi connectivity index (χ1) is 9.38. The van der Waals surface area contributed by atoms with E-state index in [0.29, 0.717) is 12.1 Å². The zero-order valence-electron chi connectivity index (χ0n) is 11.5. The quantitative estimate of drug-likeness (QED) is 0.856. The van der Waals surface area contributed by atoms with Crippen LogP contribution >= 0.6 is 31.9 Å². The van der Waals surface area contributed by atoms with Gasteiger partial charge in [-0.05, 0) is 32.0 Å². The van der Waals surface area contributed by atoms with Crippen LogP contribution in [0.1, 0.15) is 27.3 Å². The molecule has 1 aromatic heterocycles. The topological polar surface area (TPSA) is 46.9 Å². The van der Waals surface area contributed by atoms with E-state index in [-0.39, 0.29) is 5.91 Å². The van der Waals surface area contributed by atoms with Crippen LogP contribution in [0.3, 0.4) is 0 Å². The highest BCUT2D eigenvalue weighted by Crippen LogP contribution is 2.20. The fraction of sp³-hybridized carbons (Fsp3) is 0.286. The number of hydrogen-bond acceptors (Lipinski definition) is 2. The summed E-state index contributed by atoms with van der Waals surface area (Å²) >= 11 is 6.76. The lowest BCUT2D eigenvalue weighted by molar-refractivity contribution is 0.0950. The third-order valence-corrected chi connectivity index (χ3v) is 4.13. The van der Waals surface area contributed by atoms with Crippen molar-refractivity contribution < 1.29 is 4.79 Å². The van der Waals surface area contributed by atoms with Gasteiger partial charge in [-0.3, -0.25) is 9.48 Å². The number of carbonyl (C=O) groups excluding carboxylic acids is 1. The SMILES string of the molecule is Cc1nn(C)c(C)c1CNC(=O)c1cc(Br)cc(Br)c1. The van der Waals surface area contributed by atoms with Gasteiger partial charge in [-0.1, -0.05) is 31.9 Å². The summed E-state index contributed by atoms with van der Waals surface area (Å²) < 4.78 is 3.56. The van der Waals surface area contributed by atoms with Crippen molar-refractivity contribution in [2.75, 3.05) is 0 Å². The number of benzene rings is 1. The molecule has 4 nitrogen and oxygen atoms in total. The molecule has 1 N–H and O–H groups in total. The zero-order valence-corrected chi connectivity index (χ0v) is 14.7. The Morgan fingerprint density at radius 1 is 1.25 bits per heavy atom. The molecular weight excluding hydrogens is 386 g/mol. The summed E-state index contributed by atoms with van der Waals surface area (Å²) in [5, 5.41) is 7.27. The van der Waals surface area contributed by atoms with Crippen molar-refractivity contribution >= 4 is 37.8 Å². The van der Waals surface area contributed by atoms with Gasteiger partial charge in [0.25, 0.3) is 5.91 Å². The summed E-state index contributed by atoms with van der Waals surface area (Å²) in [6, 6.07) is 5.48. The van der Waals surface area contributed by atoms with E-state index in [0.717, 1.165) is 25.9 Å². The van der Waals surface area contributed by atoms with Crippen molar-refractivity contribution in [2.45, 2.75) is 20.4 Å². The molecule has 1 heterocycles. The van der Waals surface area contributed by atoms with Gasteiger partial charge in [0.1, 0.15) is 0 Å². The molecule has 0 unspecified atom stereocenters. The van der Waals surface area contributed by atoms with Crippen LogP contribution in [0.5, 0.6) is 0 Å². The maximum atomic E-state index is 12.2. The van der Waals surface area contributed by atoms with E-state index < -0.39 is 0 Å². The molecule has 0 saturated heterocycles. The van der Waals surface area contributed by atoms with E-state index in [2.05, 4.69) is 42.3 Å². The van der Waals surface area contributed by atoms with E-state index in [4.69, 9.17) is 0 Å². The number of nitrogens with zero attached hydrogens (tertiary/aromatic N) is 2. The normalized spacial score (nSPS) is 10.7. The van der Waals surface area contributed by atoms with Gasteiger partial charge in [-0.15, -0.1) is 0 Å². The Bertz CT molecular complexity index is 644. The average Bonchev–Trinajstić information content (AvgIpc) is 2.60. The molecule has 0 saturated carbocycles. The van der Waals surface area contributed by atoms with Crippen LogP contribution in [0.4, 0.5) is 0 Å². The number of aryl methyl sites for hydroxylation is 2. The molecule has 0 aliphatic rings. The predicted molar refractivity (Wildman–Crippen MR) is 85.7 cm³/mol. The molecule has 2 rings (SSSR count). The van der Waals surface area contributed by atoms with Crippen molar-refractivity contribution in [1.82, 2.24) is 15.1 Å². The average molecular weight is 401 g/mol. The molecule has 106 valence electrons. The monoisotopic (exact) mass is 399 g/mol. The summed E-state index contributed by atoms with van der Waals surface area (Å²) in [6.07, 6.45) is 0. The molecule has 0 aliphatic carbocycles. The van der Waals surface area contributed by atoms with Crippen LogP contribution in [-0.2, 0) is 13.6 Å². The predicted octanol–water partition coefficient (Wildman–Crippen LogP) is 3.49. The number of aromatic nitrogens is 2. The highest BCUT2D eigenvalue weighted by atomic mass is 79.9. The maximum Gasteiger partial charge on any atom is 0.251 e. The van der Waals surface area contributed by atoms with Crippen molar-refractivity contribution in [1.29, 1.82) is 0 Å². The van der Waals surface area contributed by atoms with Gasteiger partial charge in [-0.2, -0.15) is 5.10 Å². The van der Waals surface area contributed by atoms with E-state index in [1.54, 1.807) is 12.1 Å². The Morgan fingerprint density at radius 3 is 2.35 bits per heavy atom. The third kappa shape index (κ3) is 3.30. The second kappa shape index (κ2) is 6.10. The summed E-state index contributed by atoms with van der Waals surface area (Å²) in [5.41, 5.74) is 3.69. The van der Waals surface area contributed by atoms with Crippen LogP contribution in [0.15, 0.2) is 27.1 Å². The van der Waals surface area contributed by atoms with Gasteiger partial charge in [0.15, 0.2) is 0 Å². The molecule has 0 aliphatic heterocycles. The maximum absolute atomic E-state index is 12.2. The molecule has 20 heavy (non-hydrogen) atoms. The Morgan fingerprint density at radius 2 is 1.85 bits per heavy atom. The summed E-state index contributed by atoms with van der Waals surface area (Å²) in [6.45, 7) is 4.43. The van der Waals surface area contributed by atoms with Crippen molar-refractivity contribution in [3.8, 4) is 0 Å². The molecule has 0 atom stereocenters. The number of halogens is 2. The fourth-order valence-corrected chi connectivity index (χ4v) is 3.32. The van der Waals surface area contributed by atoms with Gasteiger partial charge in [0.2, 0.25) is 0 Å². The van der Waals surface area contributed by atoms with Crippen LogP contribution in [0.25, 0.3) is 0 Å². The largest absolute Gasteiger partial charge is 0.348 e. The van der Waals surface area contributed by atoms with Gasteiger partial charge < -0.3 is 5.32 Å². The zero-order chi connectivity index (χ0) is 14.9. The number of hydrogen-bond donors (Lipinski definition) is 1. The Kier molecular flexibility index (Phi) is 4.65. The van der Waals surface area contributed by atoms with Gasteiger partial charge in [-0.25, -0.2) is 0 Å².